The normalized spacial score (nSPS) is 17.5. The average Bonchev–Trinajstić information content (AvgIpc) is 2.80. The van der Waals surface area contributed by atoms with Crippen LogP contribution in [0.15, 0.2) is 24.3 Å². The van der Waals surface area contributed by atoms with Gasteiger partial charge in [-0.05, 0) is 44.0 Å². The second-order valence-corrected chi connectivity index (χ2v) is 4.47. The van der Waals surface area contributed by atoms with E-state index in [0.29, 0.717) is 6.54 Å². The van der Waals surface area contributed by atoms with Gasteiger partial charge in [0.05, 0.1) is 6.10 Å². The minimum absolute atomic E-state index is 0.307. The van der Waals surface area contributed by atoms with Gasteiger partial charge in [0.25, 0.3) is 0 Å². The van der Waals surface area contributed by atoms with E-state index < -0.39 is 0 Å². The highest BCUT2D eigenvalue weighted by Crippen LogP contribution is 2.21. The Morgan fingerprint density at radius 3 is 2.44 bits per heavy atom. The number of nitrogens with zero attached hydrogens (tertiary/aromatic N) is 1. The van der Waals surface area contributed by atoms with Crippen molar-refractivity contribution < 1.29 is 5.11 Å². The number of hydrogen-bond donors (Lipinski definition) is 2. The summed E-state index contributed by atoms with van der Waals surface area (Å²) in [6.07, 6.45) is 2.31. The van der Waals surface area contributed by atoms with Crippen LogP contribution in [0.25, 0.3) is 0 Å². The molecule has 1 saturated heterocycles. The molecule has 1 aliphatic heterocycles. The summed E-state index contributed by atoms with van der Waals surface area (Å²) in [5.74, 6) is 0. The third kappa shape index (κ3) is 2.89. The molecule has 1 fully saturated rings. The third-order valence-corrected chi connectivity index (χ3v) is 2.94. The van der Waals surface area contributed by atoms with Crippen molar-refractivity contribution in [1.29, 1.82) is 0 Å². The molecule has 3 nitrogen and oxygen atoms in total. The molecule has 0 amide bonds. The summed E-state index contributed by atoms with van der Waals surface area (Å²) in [7, 11) is 0. The van der Waals surface area contributed by atoms with E-state index in [2.05, 4.69) is 34.5 Å². The summed E-state index contributed by atoms with van der Waals surface area (Å²) in [6, 6.07) is 8.46. The van der Waals surface area contributed by atoms with Gasteiger partial charge >= 0.3 is 0 Å². The first-order valence-corrected chi connectivity index (χ1v) is 6.02. The van der Waals surface area contributed by atoms with E-state index in [1.807, 2.05) is 0 Å². The molecule has 0 radical (unpaired) electrons. The van der Waals surface area contributed by atoms with Gasteiger partial charge in [-0.3, -0.25) is 0 Å². The van der Waals surface area contributed by atoms with Crippen LogP contribution in [-0.2, 0) is 0 Å². The Kier molecular flexibility index (Phi) is 3.67. The molecule has 1 aromatic rings. The van der Waals surface area contributed by atoms with Gasteiger partial charge < -0.3 is 15.3 Å². The molecule has 0 spiro atoms. The molecule has 0 saturated carbocycles. The Morgan fingerprint density at radius 2 is 1.88 bits per heavy atom. The zero-order valence-corrected chi connectivity index (χ0v) is 9.82. The molecule has 0 aliphatic carbocycles. The molecule has 3 heteroatoms. The summed E-state index contributed by atoms with van der Waals surface area (Å²) >= 11 is 0. The number of anilines is 2. The lowest BCUT2D eigenvalue weighted by molar-refractivity contribution is 0.208. The van der Waals surface area contributed by atoms with E-state index in [0.717, 1.165) is 5.69 Å². The Morgan fingerprint density at radius 1 is 1.25 bits per heavy atom. The van der Waals surface area contributed by atoms with Crippen LogP contribution in [0.5, 0.6) is 0 Å². The summed E-state index contributed by atoms with van der Waals surface area (Å²) in [5, 5.41) is 12.4. The Bertz CT molecular complexity index is 315. The molecule has 2 N–H and O–H groups in total. The smallest absolute Gasteiger partial charge is 0.0684 e. The first-order chi connectivity index (χ1) is 7.75. The van der Waals surface area contributed by atoms with Crippen LogP contribution in [0.2, 0.25) is 0 Å². The predicted octanol–water partition coefficient (Wildman–Crippen LogP) is 2.08. The average molecular weight is 220 g/mol. The lowest BCUT2D eigenvalue weighted by atomic mass is 10.2. The van der Waals surface area contributed by atoms with Crippen LogP contribution in [0.1, 0.15) is 19.8 Å². The van der Waals surface area contributed by atoms with Crippen molar-refractivity contribution in [3.8, 4) is 0 Å². The van der Waals surface area contributed by atoms with Crippen molar-refractivity contribution in [3.63, 3.8) is 0 Å². The minimum Gasteiger partial charge on any atom is -0.392 e. The maximum atomic E-state index is 9.17. The second-order valence-electron chi connectivity index (χ2n) is 4.47. The monoisotopic (exact) mass is 220 g/mol. The SMILES string of the molecule is C[C@H](O)CNc1ccc(N2CCCC2)cc1. The van der Waals surface area contributed by atoms with Gasteiger partial charge in [0, 0.05) is 31.0 Å². The van der Waals surface area contributed by atoms with E-state index >= 15 is 0 Å². The van der Waals surface area contributed by atoms with E-state index in [1.54, 1.807) is 6.92 Å². The molecule has 1 aliphatic rings. The Hall–Kier alpha value is -1.22. The van der Waals surface area contributed by atoms with Crippen molar-refractivity contribution in [1.82, 2.24) is 0 Å². The van der Waals surface area contributed by atoms with Crippen LogP contribution >= 0.6 is 0 Å². The highest BCUT2D eigenvalue weighted by molar-refractivity contribution is 5.55. The van der Waals surface area contributed by atoms with Gasteiger partial charge in [0.2, 0.25) is 0 Å². The maximum Gasteiger partial charge on any atom is 0.0684 e. The van der Waals surface area contributed by atoms with Gasteiger partial charge in [-0.1, -0.05) is 0 Å². The van der Waals surface area contributed by atoms with Crippen molar-refractivity contribution in [2.45, 2.75) is 25.9 Å². The zero-order valence-electron chi connectivity index (χ0n) is 9.82. The Labute approximate surface area is 97.1 Å². The van der Waals surface area contributed by atoms with Crippen LogP contribution in [0, 0.1) is 0 Å². The van der Waals surface area contributed by atoms with Gasteiger partial charge in [0.1, 0.15) is 0 Å². The molecule has 1 heterocycles. The fourth-order valence-electron chi connectivity index (χ4n) is 2.03. The summed E-state index contributed by atoms with van der Waals surface area (Å²) in [6.45, 7) is 4.75. The van der Waals surface area contributed by atoms with Crippen molar-refractivity contribution in [2.75, 3.05) is 29.9 Å². The van der Waals surface area contributed by atoms with Gasteiger partial charge in [-0.2, -0.15) is 0 Å². The Balaban J connectivity index is 1.93. The van der Waals surface area contributed by atoms with Gasteiger partial charge in [0.15, 0.2) is 0 Å². The van der Waals surface area contributed by atoms with E-state index in [-0.39, 0.29) is 6.10 Å². The molecule has 0 aromatic heterocycles. The zero-order chi connectivity index (χ0) is 11.4. The molecular weight excluding hydrogens is 200 g/mol. The lowest BCUT2D eigenvalue weighted by Crippen LogP contribution is -2.18. The number of benzene rings is 1. The van der Waals surface area contributed by atoms with Crippen LogP contribution in [0.3, 0.4) is 0 Å². The largest absolute Gasteiger partial charge is 0.392 e. The standard InChI is InChI=1S/C13H20N2O/c1-11(16)10-14-12-4-6-13(7-5-12)15-8-2-3-9-15/h4-7,11,14,16H,2-3,8-10H2,1H3/t11-/m0/s1. The van der Waals surface area contributed by atoms with E-state index in [9.17, 15) is 5.11 Å². The van der Waals surface area contributed by atoms with Gasteiger partial charge in [-0.15, -0.1) is 0 Å². The number of rotatable bonds is 4. The quantitative estimate of drug-likeness (QED) is 0.815. The van der Waals surface area contributed by atoms with Crippen molar-refractivity contribution in [2.24, 2.45) is 0 Å². The van der Waals surface area contributed by atoms with Gasteiger partial charge in [-0.25, -0.2) is 0 Å². The molecule has 0 bridgehead atoms. The number of aliphatic hydroxyl groups excluding tert-OH is 1. The van der Waals surface area contributed by atoms with Crippen LogP contribution < -0.4 is 10.2 Å². The molecule has 2 rings (SSSR count). The van der Waals surface area contributed by atoms with Crippen molar-refractivity contribution in [3.05, 3.63) is 24.3 Å². The van der Waals surface area contributed by atoms with E-state index in [4.69, 9.17) is 0 Å². The summed E-state index contributed by atoms with van der Waals surface area (Å²) in [4.78, 5) is 2.42. The molecule has 16 heavy (non-hydrogen) atoms. The van der Waals surface area contributed by atoms with E-state index in [1.165, 1.54) is 31.6 Å². The fraction of sp³-hybridized carbons (Fsp3) is 0.538. The lowest BCUT2D eigenvalue weighted by Gasteiger charge is -2.18. The first kappa shape index (κ1) is 11.3. The summed E-state index contributed by atoms with van der Waals surface area (Å²) < 4.78 is 0. The highest BCUT2D eigenvalue weighted by atomic mass is 16.3. The fourth-order valence-corrected chi connectivity index (χ4v) is 2.03. The molecular formula is C13H20N2O. The third-order valence-electron chi connectivity index (χ3n) is 2.94. The van der Waals surface area contributed by atoms with Crippen LogP contribution in [0.4, 0.5) is 11.4 Å². The number of nitrogens with one attached hydrogen (secondary N) is 1. The highest BCUT2D eigenvalue weighted by Gasteiger charge is 2.11. The molecule has 0 unspecified atom stereocenters. The molecule has 1 atom stereocenters. The second kappa shape index (κ2) is 5.21. The van der Waals surface area contributed by atoms with Crippen molar-refractivity contribution >= 4 is 11.4 Å². The molecule has 1 aromatic carbocycles. The molecule has 88 valence electrons. The predicted molar refractivity (Wildman–Crippen MR) is 68.1 cm³/mol. The number of aliphatic hydroxyl groups is 1. The first-order valence-electron chi connectivity index (χ1n) is 6.02. The minimum atomic E-state index is -0.307. The number of hydrogen-bond acceptors (Lipinski definition) is 3. The summed E-state index contributed by atoms with van der Waals surface area (Å²) in [5.41, 5.74) is 2.38. The maximum absolute atomic E-state index is 9.17. The topological polar surface area (TPSA) is 35.5 Å². The van der Waals surface area contributed by atoms with Crippen LogP contribution in [-0.4, -0.2) is 30.8 Å².